The van der Waals surface area contributed by atoms with Crippen molar-refractivity contribution < 1.29 is 14.3 Å². The summed E-state index contributed by atoms with van der Waals surface area (Å²) in [5, 5.41) is 2.12. The monoisotopic (exact) mass is 490 g/mol. The maximum atomic E-state index is 13.8. The topological polar surface area (TPSA) is 49.9 Å². The van der Waals surface area contributed by atoms with Crippen LogP contribution in [0.5, 0.6) is 5.75 Å². The third-order valence-electron chi connectivity index (χ3n) is 7.03. The predicted octanol–water partition coefficient (Wildman–Crippen LogP) is 5.41. The molecule has 5 nitrogen and oxygen atoms in total. The molecule has 6 heteroatoms. The van der Waals surface area contributed by atoms with Crippen LogP contribution in [0.4, 0.5) is 0 Å². The summed E-state index contributed by atoms with van der Waals surface area (Å²) < 4.78 is 5.23. The van der Waals surface area contributed by atoms with E-state index in [1.54, 1.807) is 23.3 Å². The highest BCUT2D eigenvalue weighted by Crippen LogP contribution is 2.39. The van der Waals surface area contributed by atoms with Crippen molar-refractivity contribution in [2.24, 2.45) is 0 Å². The van der Waals surface area contributed by atoms with Gasteiger partial charge in [0.25, 0.3) is 0 Å². The van der Waals surface area contributed by atoms with E-state index in [0.29, 0.717) is 6.54 Å². The SMILES string of the molecule is CCC(C)N(CC(=O)N1CCc2sccc2C1c1ccccc1C)C(=O)Cc1ccc(OC)cc1. The van der Waals surface area contributed by atoms with Crippen LogP contribution in [-0.4, -0.2) is 47.9 Å². The molecule has 0 saturated heterocycles. The molecule has 0 aliphatic carbocycles. The van der Waals surface area contributed by atoms with Crippen molar-refractivity contribution in [2.45, 2.75) is 52.1 Å². The first-order valence-electron chi connectivity index (χ1n) is 12.3. The molecule has 4 rings (SSSR count). The number of aryl methyl sites for hydroxylation is 1. The maximum Gasteiger partial charge on any atom is 0.243 e. The Morgan fingerprint density at radius 3 is 2.54 bits per heavy atom. The molecule has 2 atom stereocenters. The lowest BCUT2D eigenvalue weighted by molar-refractivity contribution is -0.143. The highest BCUT2D eigenvalue weighted by Gasteiger charge is 2.35. The summed E-state index contributed by atoms with van der Waals surface area (Å²) in [5.41, 5.74) is 4.45. The molecule has 3 aromatic rings. The number of hydrogen-bond donors (Lipinski definition) is 0. The Morgan fingerprint density at radius 2 is 1.86 bits per heavy atom. The van der Waals surface area contributed by atoms with Crippen LogP contribution in [0.25, 0.3) is 0 Å². The van der Waals surface area contributed by atoms with Crippen molar-refractivity contribution in [3.8, 4) is 5.75 Å². The molecular formula is C29H34N2O3S. The molecule has 0 bridgehead atoms. The van der Waals surface area contributed by atoms with Crippen molar-refractivity contribution in [1.82, 2.24) is 9.80 Å². The van der Waals surface area contributed by atoms with Crippen molar-refractivity contribution in [3.63, 3.8) is 0 Å². The number of hydrogen-bond acceptors (Lipinski definition) is 4. The van der Waals surface area contributed by atoms with E-state index in [0.717, 1.165) is 29.7 Å². The highest BCUT2D eigenvalue weighted by molar-refractivity contribution is 7.10. The molecule has 0 N–H and O–H groups in total. The van der Waals surface area contributed by atoms with E-state index in [9.17, 15) is 9.59 Å². The number of methoxy groups -OCH3 is 1. The minimum Gasteiger partial charge on any atom is -0.497 e. The number of carbonyl (C=O) groups excluding carboxylic acids is 2. The van der Waals surface area contributed by atoms with E-state index in [1.807, 2.05) is 48.2 Å². The summed E-state index contributed by atoms with van der Waals surface area (Å²) in [4.78, 5) is 32.3. The van der Waals surface area contributed by atoms with Crippen LogP contribution < -0.4 is 4.74 Å². The summed E-state index contributed by atoms with van der Waals surface area (Å²) in [5.74, 6) is 0.729. The molecule has 1 aliphatic rings. The molecule has 2 heterocycles. The van der Waals surface area contributed by atoms with Crippen molar-refractivity contribution >= 4 is 23.2 Å². The Bertz CT molecular complexity index is 1170. The van der Waals surface area contributed by atoms with E-state index < -0.39 is 0 Å². The molecule has 0 spiro atoms. The number of nitrogens with zero attached hydrogens (tertiary/aromatic N) is 2. The van der Waals surface area contributed by atoms with Crippen molar-refractivity contribution in [1.29, 1.82) is 0 Å². The third-order valence-corrected chi connectivity index (χ3v) is 8.03. The second kappa shape index (κ2) is 11.1. The second-order valence-electron chi connectivity index (χ2n) is 9.20. The Kier molecular flexibility index (Phi) is 7.91. The van der Waals surface area contributed by atoms with E-state index in [1.165, 1.54) is 16.0 Å². The van der Waals surface area contributed by atoms with Crippen LogP contribution in [0, 0.1) is 6.92 Å². The molecule has 0 saturated carbocycles. The van der Waals surface area contributed by atoms with Gasteiger partial charge in [0.1, 0.15) is 12.3 Å². The van der Waals surface area contributed by atoms with Crippen LogP contribution in [0.1, 0.15) is 53.4 Å². The predicted molar refractivity (Wildman–Crippen MR) is 141 cm³/mol. The lowest BCUT2D eigenvalue weighted by Crippen LogP contribution is -2.49. The molecule has 2 unspecified atom stereocenters. The first-order chi connectivity index (χ1) is 16.9. The van der Waals surface area contributed by atoms with Crippen LogP contribution in [0.2, 0.25) is 0 Å². The van der Waals surface area contributed by atoms with Gasteiger partial charge in [0, 0.05) is 17.5 Å². The Morgan fingerprint density at radius 1 is 1.11 bits per heavy atom. The van der Waals surface area contributed by atoms with Crippen molar-refractivity contribution in [3.05, 3.63) is 87.1 Å². The average Bonchev–Trinajstić information content (AvgIpc) is 3.36. The van der Waals surface area contributed by atoms with Gasteiger partial charge in [0.2, 0.25) is 11.8 Å². The quantitative estimate of drug-likeness (QED) is 0.424. The Hall–Kier alpha value is -3.12. The fourth-order valence-electron chi connectivity index (χ4n) is 4.78. The zero-order valence-electron chi connectivity index (χ0n) is 21.0. The van der Waals surface area contributed by atoms with Gasteiger partial charge in [-0.05, 0) is 72.5 Å². The Balaban J connectivity index is 1.57. The number of ether oxygens (including phenoxy) is 1. The molecule has 0 fully saturated rings. The third kappa shape index (κ3) is 5.43. The zero-order chi connectivity index (χ0) is 24.9. The van der Waals surface area contributed by atoms with Gasteiger partial charge < -0.3 is 14.5 Å². The van der Waals surface area contributed by atoms with Gasteiger partial charge in [-0.1, -0.05) is 43.3 Å². The molecule has 0 radical (unpaired) electrons. The highest BCUT2D eigenvalue weighted by atomic mass is 32.1. The van der Waals surface area contributed by atoms with Gasteiger partial charge in [-0.15, -0.1) is 11.3 Å². The standard InChI is InChI=1S/C29H34N2O3S/c1-5-21(3)31(27(32)18-22-10-12-23(34-4)13-11-22)19-28(33)30-16-14-26-25(15-17-35-26)29(30)24-9-7-6-8-20(24)2/h6-13,15,17,21,29H,5,14,16,18-19H2,1-4H3. The molecule has 184 valence electrons. The molecule has 1 aliphatic heterocycles. The number of fused-ring (bicyclic) bond motifs is 1. The summed E-state index contributed by atoms with van der Waals surface area (Å²) in [6, 6.07) is 17.8. The number of thiophene rings is 1. The Labute approximate surface area is 212 Å². The van der Waals surface area contributed by atoms with Crippen molar-refractivity contribution in [2.75, 3.05) is 20.2 Å². The average molecular weight is 491 g/mol. The summed E-state index contributed by atoms with van der Waals surface area (Å²) >= 11 is 1.76. The van der Waals surface area contributed by atoms with Crippen LogP contribution >= 0.6 is 11.3 Å². The van der Waals surface area contributed by atoms with Gasteiger partial charge in [-0.25, -0.2) is 0 Å². The summed E-state index contributed by atoms with van der Waals surface area (Å²) in [6.07, 6.45) is 1.90. The minimum atomic E-state index is -0.117. The number of carbonyl (C=O) groups is 2. The van der Waals surface area contributed by atoms with Gasteiger partial charge in [-0.2, -0.15) is 0 Å². The van der Waals surface area contributed by atoms with Gasteiger partial charge in [0.15, 0.2) is 0 Å². The van der Waals surface area contributed by atoms with Gasteiger partial charge in [0.05, 0.1) is 19.6 Å². The van der Waals surface area contributed by atoms with E-state index >= 15 is 0 Å². The molecule has 1 aromatic heterocycles. The lowest BCUT2D eigenvalue weighted by Gasteiger charge is -2.39. The first-order valence-corrected chi connectivity index (χ1v) is 13.1. The fraction of sp³-hybridized carbons (Fsp3) is 0.379. The fourth-order valence-corrected chi connectivity index (χ4v) is 5.68. The van der Waals surface area contributed by atoms with Crippen LogP contribution in [0.15, 0.2) is 60.0 Å². The first kappa shape index (κ1) is 25.0. The molecular weight excluding hydrogens is 456 g/mol. The zero-order valence-corrected chi connectivity index (χ0v) is 21.8. The largest absolute Gasteiger partial charge is 0.497 e. The van der Waals surface area contributed by atoms with Crippen LogP contribution in [0.3, 0.4) is 0 Å². The normalized spacial score (nSPS) is 15.9. The molecule has 35 heavy (non-hydrogen) atoms. The van der Waals surface area contributed by atoms with E-state index in [-0.39, 0.29) is 36.9 Å². The van der Waals surface area contributed by atoms with Gasteiger partial charge >= 0.3 is 0 Å². The van der Waals surface area contributed by atoms with Crippen LogP contribution in [-0.2, 0) is 22.4 Å². The lowest BCUT2D eigenvalue weighted by atomic mass is 9.90. The molecule has 2 aromatic carbocycles. The maximum absolute atomic E-state index is 13.8. The minimum absolute atomic E-state index is 0.00140. The van der Waals surface area contributed by atoms with E-state index in [4.69, 9.17) is 4.74 Å². The smallest absolute Gasteiger partial charge is 0.243 e. The number of benzene rings is 2. The second-order valence-corrected chi connectivity index (χ2v) is 10.2. The van der Waals surface area contributed by atoms with Gasteiger partial charge in [-0.3, -0.25) is 9.59 Å². The molecule has 2 amide bonds. The number of rotatable bonds is 8. The summed E-state index contributed by atoms with van der Waals surface area (Å²) in [7, 11) is 1.63. The number of amides is 2. The van der Waals surface area contributed by atoms with E-state index in [2.05, 4.69) is 37.4 Å². The summed E-state index contributed by atoms with van der Waals surface area (Å²) in [6.45, 7) is 6.92.